The van der Waals surface area contributed by atoms with Crippen molar-refractivity contribution in [1.82, 2.24) is 0 Å². The first-order chi connectivity index (χ1) is 14.0. The molecule has 0 aliphatic carbocycles. The molecule has 2 aromatic rings. The van der Waals surface area contributed by atoms with Crippen molar-refractivity contribution >= 4 is 27.3 Å². The van der Waals surface area contributed by atoms with E-state index in [4.69, 9.17) is 4.74 Å². The topological polar surface area (TPSA) is 84.9 Å². The maximum atomic E-state index is 12.2. The average Bonchev–Trinajstić information content (AvgIpc) is 2.65. The van der Waals surface area contributed by atoms with Crippen LogP contribution in [-0.2, 0) is 14.8 Å². The number of hydrogen-bond donors (Lipinski definition) is 1. The van der Waals surface area contributed by atoms with E-state index in [1.807, 2.05) is 0 Å². The zero-order valence-corrected chi connectivity index (χ0v) is 17.1. The molecule has 0 saturated carbocycles. The summed E-state index contributed by atoms with van der Waals surface area (Å²) in [5.74, 6) is -0.428. The number of alkyl halides is 3. The maximum Gasteiger partial charge on any atom is 0.573 e. The fraction of sp³-hybridized carbons (Fsp3) is 0.316. The van der Waals surface area contributed by atoms with Crippen LogP contribution < -0.4 is 19.1 Å². The van der Waals surface area contributed by atoms with E-state index in [1.54, 1.807) is 24.3 Å². The molecular formula is C19H21F3N2O5S. The second-order valence-corrected chi connectivity index (χ2v) is 8.14. The number of sulfonamides is 1. The number of amides is 1. The Morgan fingerprint density at radius 2 is 1.73 bits per heavy atom. The fourth-order valence-corrected chi connectivity index (χ4v) is 3.62. The minimum Gasteiger partial charge on any atom is -0.495 e. The van der Waals surface area contributed by atoms with Gasteiger partial charge in [0.05, 0.1) is 19.1 Å². The van der Waals surface area contributed by atoms with E-state index in [2.05, 4.69) is 10.1 Å². The Balaban J connectivity index is 1.95. The summed E-state index contributed by atoms with van der Waals surface area (Å²) in [7, 11) is -2.18. The average molecular weight is 446 g/mol. The number of carbonyl (C=O) groups excluding carboxylic acids is 1. The van der Waals surface area contributed by atoms with Crippen LogP contribution in [0.3, 0.4) is 0 Å². The molecule has 7 nitrogen and oxygen atoms in total. The number of ether oxygens (including phenoxy) is 2. The molecular weight excluding hydrogens is 425 g/mol. The summed E-state index contributed by atoms with van der Waals surface area (Å²) in [5.41, 5.74) is 0.655. The molecule has 0 bridgehead atoms. The first-order valence-electron chi connectivity index (χ1n) is 8.76. The van der Waals surface area contributed by atoms with Crippen molar-refractivity contribution in [3.05, 3.63) is 48.5 Å². The van der Waals surface area contributed by atoms with E-state index in [9.17, 15) is 26.4 Å². The van der Waals surface area contributed by atoms with E-state index in [0.717, 1.165) is 22.7 Å². The van der Waals surface area contributed by atoms with E-state index in [1.165, 1.54) is 19.2 Å². The third kappa shape index (κ3) is 7.14. The zero-order chi connectivity index (χ0) is 22.4. The second kappa shape index (κ2) is 9.70. The van der Waals surface area contributed by atoms with Crippen LogP contribution in [0.25, 0.3) is 0 Å². The van der Waals surface area contributed by atoms with Crippen LogP contribution in [-0.4, -0.2) is 40.6 Å². The lowest BCUT2D eigenvalue weighted by atomic mass is 10.2. The van der Waals surface area contributed by atoms with Crippen molar-refractivity contribution in [3.63, 3.8) is 0 Å². The number of carbonyl (C=O) groups is 1. The van der Waals surface area contributed by atoms with Gasteiger partial charge in [0.1, 0.15) is 11.5 Å². The third-order valence-electron chi connectivity index (χ3n) is 3.89. The first-order valence-corrected chi connectivity index (χ1v) is 10.6. The number of halogens is 3. The Bertz CT molecular complexity index is 963. The first kappa shape index (κ1) is 23.3. The number of nitrogens with zero attached hydrogens (tertiary/aromatic N) is 1. The van der Waals surface area contributed by atoms with Crippen LogP contribution in [0, 0.1) is 0 Å². The Labute approximate surface area is 172 Å². The highest BCUT2D eigenvalue weighted by Crippen LogP contribution is 2.29. The van der Waals surface area contributed by atoms with Gasteiger partial charge in [-0.1, -0.05) is 12.1 Å². The number of hydrogen-bond acceptors (Lipinski definition) is 5. The van der Waals surface area contributed by atoms with Crippen LogP contribution >= 0.6 is 0 Å². The van der Waals surface area contributed by atoms with Crippen LogP contribution in [0.1, 0.15) is 12.8 Å². The van der Waals surface area contributed by atoms with Crippen LogP contribution in [0.2, 0.25) is 0 Å². The highest BCUT2D eigenvalue weighted by atomic mass is 32.2. The second-order valence-electron chi connectivity index (χ2n) is 6.23. The summed E-state index contributed by atoms with van der Waals surface area (Å²) >= 11 is 0. The minimum absolute atomic E-state index is 0.00196. The Kier molecular flexibility index (Phi) is 7.54. The quantitative estimate of drug-likeness (QED) is 0.634. The molecule has 0 unspecified atom stereocenters. The standard InChI is InChI=1S/C19H21F3N2O5S/c1-28-17-7-4-3-6-16(17)24(30(2,26)27)13-5-8-18(25)23-14-9-11-15(12-10-14)29-19(20,21)22/h3-4,6-7,9-12H,5,8,13H2,1-2H3,(H,23,25). The fourth-order valence-electron chi connectivity index (χ4n) is 2.65. The van der Waals surface area contributed by atoms with Gasteiger partial charge in [-0.3, -0.25) is 9.10 Å². The summed E-state index contributed by atoms with van der Waals surface area (Å²) in [6.45, 7) is 0.0466. The van der Waals surface area contributed by atoms with E-state index in [-0.39, 0.29) is 19.4 Å². The molecule has 0 saturated heterocycles. The molecule has 0 aromatic heterocycles. The van der Waals surface area contributed by atoms with Gasteiger partial charge >= 0.3 is 6.36 Å². The van der Waals surface area contributed by atoms with E-state index in [0.29, 0.717) is 17.1 Å². The Morgan fingerprint density at radius 1 is 1.10 bits per heavy atom. The van der Waals surface area contributed by atoms with Gasteiger partial charge in [0.2, 0.25) is 15.9 Å². The molecule has 0 atom stereocenters. The third-order valence-corrected chi connectivity index (χ3v) is 5.07. The van der Waals surface area contributed by atoms with Gasteiger partial charge in [0.25, 0.3) is 0 Å². The van der Waals surface area contributed by atoms with Crippen molar-refractivity contribution in [1.29, 1.82) is 0 Å². The molecule has 0 spiro atoms. The SMILES string of the molecule is COc1ccccc1N(CCCC(=O)Nc1ccc(OC(F)(F)F)cc1)S(C)(=O)=O. The molecule has 0 heterocycles. The number of para-hydroxylation sites is 2. The molecule has 1 N–H and O–H groups in total. The van der Waals surface area contributed by atoms with Gasteiger partial charge < -0.3 is 14.8 Å². The molecule has 11 heteroatoms. The molecule has 0 aliphatic heterocycles. The zero-order valence-electron chi connectivity index (χ0n) is 16.3. The maximum absolute atomic E-state index is 12.2. The van der Waals surface area contributed by atoms with Crippen LogP contribution in [0.15, 0.2) is 48.5 Å². The van der Waals surface area contributed by atoms with E-state index < -0.39 is 28.0 Å². The van der Waals surface area contributed by atoms with Crippen LogP contribution in [0.5, 0.6) is 11.5 Å². The highest BCUT2D eigenvalue weighted by molar-refractivity contribution is 7.92. The lowest BCUT2D eigenvalue weighted by Crippen LogP contribution is -2.31. The summed E-state index contributed by atoms with van der Waals surface area (Å²) in [6.07, 6.45) is -3.52. The molecule has 1 amide bonds. The number of nitrogens with one attached hydrogen (secondary N) is 1. The lowest BCUT2D eigenvalue weighted by molar-refractivity contribution is -0.274. The molecule has 30 heavy (non-hydrogen) atoms. The Hall–Kier alpha value is -2.95. The molecule has 0 radical (unpaired) electrons. The molecule has 2 rings (SSSR count). The summed E-state index contributed by atoms with van der Waals surface area (Å²) in [6, 6.07) is 11.3. The van der Waals surface area contributed by atoms with Crippen LogP contribution in [0.4, 0.5) is 24.5 Å². The number of rotatable bonds is 9. The summed E-state index contributed by atoms with van der Waals surface area (Å²) < 4.78 is 71.0. The van der Waals surface area contributed by atoms with Crippen molar-refractivity contribution in [2.24, 2.45) is 0 Å². The summed E-state index contributed by atoms with van der Waals surface area (Å²) in [4.78, 5) is 12.1. The monoisotopic (exact) mass is 446 g/mol. The van der Waals surface area contributed by atoms with Gasteiger partial charge in [-0.25, -0.2) is 8.42 Å². The van der Waals surface area contributed by atoms with E-state index >= 15 is 0 Å². The van der Waals surface area contributed by atoms with Gasteiger partial charge in [0.15, 0.2) is 0 Å². The number of anilines is 2. The molecule has 2 aromatic carbocycles. The minimum atomic E-state index is -4.79. The van der Waals surface area contributed by atoms with Gasteiger partial charge in [-0.15, -0.1) is 13.2 Å². The van der Waals surface area contributed by atoms with Crippen molar-refractivity contribution in [3.8, 4) is 11.5 Å². The summed E-state index contributed by atoms with van der Waals surface area (Å²) in [5, 5.41) is 2.54. The number of methoxy groups -OCH3 is 1. The van der Waals surface area contributed by atoms with Gasteiger partial charge in [0, 0.05) is 18.7 Å². The predicted molar refractivity (Wildman–Crippen MR) is 106 cm³/mol. The lowest BCUT2D eigenvalue weighted by Gasteiger charge is -2.24. The number of benzene rings is 2. The molecule has 164 valence electrons. The largest absolute Gasteiger partial charge is 0.573 e. The van der Waals surface area contributed by atoms with Crippen molar-refractivity contribution in [2.45, 2.75) is 19.2 Å². The Morgan fingerprint density at radius 3 is 2.30 bits per heavy atom. The van der Waals surface area contributed by atoms with Crippen molar-refractivity contribution in [2.75, 3.05) is 29.5 Å². The molecule has 0 fully saturated rings. The molecule has 0 aliphatic rings. The van der Waals surface area contributed by atoms with Crippen molar-refractivity contribution < 1.29 is 35.9 Å². The smallest absolute Gasteiger partial charge is 0.495 e. The normalized spacial score (nSPS) is 11.6. The van der Waals surface area contributed by atoms with Gasteiger partial charge in [-0.05, 0) is 42.8 Å². The predicted octanol–water partition coefficient (Wildman–Crippen LogP) is 3.78. The van der Waals surface area contributed by atoms with Gasteiger partial charge in [-0.2, -0.15) is 0 Å². The highest BCUT2D eigenvalue weighted by Gasteiger charge is 2.31.